The van der Waals surface area contributed by atoms with Gasteiger partial charge in [0.05, 0.1) is 24.6 Å². The van der Waals surface area contributed by atoms with Gasteiger partial charge >= 0.3 is 0 Å². The molecule has 9 heteroatoms. The summed E-state index contributed by atoms with van der Waals surface area (Å²) in [5.74, 6) is -0.197. The molecule has 0 amide bonds. The summed E-state index contributed by atoms with van der Waals surface area (Å²) < 4.78 is 48.1. The SMILES string of the molecule is O=C(CN(Cc1ccccc1)[C@@H]1C=CS(=O)(=O)C1)CN(Cc1ccccc1)[C@H]1C=CS(=O)(=O)C1. The van der Waals surface area contributed by atoms with Gasteiger partial charge in [-0.1, -0.05) is 72.8 Å². The van der Waals surface area contributed by atoms with Gasteiger partial charge in [-0.05, 0) is 11.1 Å². The van der Waals surface area contributed by atoms with Gasteiger partial charge in [0, 0.05) is 36.0 Å². The molecular formula is C25H28N2O5S2. The number of rotatable bonds is 10. The van der Waals surface area contributed by atoms with Crippen molar-refractivity contribution in [2.75, 3.05) is 24.6 Å². The molecule has 34 heavy (non-hydrogen) atoms. The van der Waals surface area contributed by atoms with Gasteiger partial charge in [-0.15, -0.1) is 0 Å². The van der Waals surface area contributed by atoms with Gasteiger partial charge in [-0.3, -0.25) is 14.6 Å². The molecule has 0 spiro atoms. The van der Waals surface area contributed by atoms with Crippen molar-refractivity contribution in [3.8, 4) is 0 Å². The lowest BCUT2D eigenvalue weighted by Gasteiger charge is -2.30. The summed E-state index contributed by atoms with van der Waals surface area (Å²) in [5.41, 5.74) is 1.97. The number of ketones is 1. The van der Waals surface area contributed by atoms with Crippen LogP contribution in [-0.2, 0) is 37.6 Å². The van der Waals surface area contributed by atoms with E-state index in [1.54, 1.807) is 12.2 Å². The number of nitrogens with zero attached hydrogens (tertiary/aromatic N) is 2. The quantitative estimate of drug-likeness (QED) is 0.494. The summed E-state index contributed by atoms with van der Waals surface area (Å²) in [6.07, 6.45) is 3.28. The maximum absolute atomic E-state index is 13.3. The van der Waals surface area contributed by atoms with E-state index in [2.05, 4.69) is 0 Å². The van der Waals surface area contributed by atoms with E-state index < -0.39 is 19.7 Å². The van der Waals surface area contributed by atoms with Gasteiger partial charge < -0.3 is 0 Å². The Labute approximate surface area is 201 Å². The smallest absolute Gasteiger partial charge is 0.173 e. The van der Waals surface area contributed by atoms with Gasteiger partial charge in [-0.2, -0.15) is 0 Å². The Morgan fingerprint density at radius 3 is 1.38 bits per heavy atom. The van der Waals surface area contributed by atoms with Crippen LogP contribution < -0.4 is 0 Å². The van der Waals surface area contributed by atoms with Crippen LogP contribution in [-0.4, -0.2) is 69.1 Å². The van der Waals surface area contributed by atoms with Crippen molar-refractivity contribution in [3.63, 3.8) is 0 Å². The van der Waals surface area contributed by atoms with Crippen molar-refractivity contribution in [2.45, 2.75) is 25.2 Å². The summed E-state index contributed by atoms with van der Waals surface area (Å²) in [7, 11) is -6.56. The van der Waals surface area contributed by atoms with Crippen molar-refractivity contribution in [2.24, 2.45) is 0 Å². The molecule has 0 fully saturated rings. The first-order valence-corrected chi connectivity index (χ1v) is 14.5. The van der Waals surface area contributed by atoms with E-state index in [-0.39, 0.29) is 42.5 Å². The molecule has 0 saturated heterocycles. The van der Waals surface area contributed by atoms with E-state index in [1.165, 1.54) is 10.8 Å². The molecule has 0 bridgehead atoms. The predicted molar refractivity (Wildman–Crippen MR) is 132 cm³/mol. The third-order valence-electron chi connectivity index (χ3n) is 5.98. The number of sulfone groups is 2. The maximum atomic E-state index is 13.3. The topological polar surface area (TPSA) is 91.8 Å². The molecule has 0 aromatic heterocycles. The normalized spacial score (nSPS) is 22.5. The Morgan fingerprint density at radius 1 is 0.676 bits per heavy atom. The molecule has 2 aromatic carbocycles. The first-order chi connectivity index (χ1) is 16.2. The molecule has 0 aliphatic carbocycles. The van der Waals surface area contributed by atoms with Gasteiger partial charge in [0.1, 0.15) is 0 Å². The third-order valence-corrected chi connectivity index (χ3v) is 8.73. The molecular weight excluding hydrogens is 472 g/mol. The summed E-state index contributed by atoms with van der Waals surface area (Å²) >= 11 is 0. The van der Waals surface area contributed by atoms with E-state index in [9.17, 15) is 21.6 Å². The molecule has 2 atom stereocenters. The zero-order valence-electron chi connectivity index (χ0n) is 18.7. The third kappa shape index (κ3) is 6.73. The van der Waals surface area contributed by atoms with E-state index in [1.807, 2.05) is 70.5 Å². The van der Waals surface area contributed by atoms with Gasteiger partial charge in [0.25, 0.3) is 0 Å². The number of carbonyl (C=O) groups excluding carboxylic acids is 1. The second kappa shape index (κ2) is 10.4. The molecule has 2 heterocycles. The van der Waals surface area contributed by atoms with Crippen LogP contribution in [0, 0.1) is 0 Å². The van der Waals surface area contributed by atoms with E-state index in [0.29, 0.717) is 13.1 Å². The predicted octanol–water partition coefficient (Wildman–Crippen LogP) is 2.18. The van der Waals surface area contributed by atoms with Gasteiger partial charge in [0.2, 0.25) is 0 Å². The van der Waals surface area contributed by atoms with Crippen molar-refractivity contribution < 1.29 is 21.6 Å². The average molecular weight is 501 g/mol. The van der Waals surface area contributed by atoms with Crippen molar-refractivity contribution in [1.29, 1.82) is 0 Å². The first-order valence-electron chi connectivity index (χ1n) is 11.1. The van der Waals surface area contributed by atoms with Gasteiger partial charge in [-0.25, -0.2) is 16.8 Å². The lowest BCUT2D eigenvalue weighted by molar-refractivity contribution is -0.122. The Hall–Kier alpha value is -2.59. The highest BCUT2D eigenvalue weighted by Gasteiger charge is 2.31. The molecule has 0 unspecified atom stereocenters. The number of benzene rings is 2. The fourth-order valence-corrected chi connectivity index (χ4v) is 6.95. The van der Waals surface area contributed by atoms with E-state index in [4.69, 9.17) is 0 Å². The zero-order chi connectivity index (χ0) is 24.2. The van der Waals surface area contributed by atoms with Crippen LogP contribution in [0.2, 0.25) is 0 Å². The first kappa shape index (κ1) is 24.5. The Balaban J connectivity index is 1.50. The fraction of sp³-hybridized carbons (Fsp3) is 0.320. The molecule has 4 rings (SSSR count). The fourth-order valence-electron chi connectivity index (χ4n) is 4.29. The molecule has 2 aliphatic rings. The van der Waals surface area contributed by atoms with E-state index >= 15 is 0 Å². The second-order valence-corrected chi connectivity index (χ2v) is 12.6. The summed E-state index contributed by atoms with van der Waals surface area (Å²) in [4.78, 5) is 17.0. The monoisotopic (exact) mass is 500 g/mol. The zero-order valence-corrected chi connectivity index (χ0v) is 20.4. The number of hydrogen-bond donors (Lipinski definition) is 0. The van der Waals surface area contributed by atoms with Crippen LogP contribution in [0.3, 0.4) is 0 Å². The minimum Gasteiger partial charge on any atom is -0.297 e. The number of hydrogen-bond acceptors (Lipinski definition) is 7. The Kier molecular flexibility index (Phi) is 7.47. The standard InChI is InChI=1S/C25H28N2O5S2/c28-25(17-26(15-21-7-3-1-4-8-21)23-11-13-33(29,30)19-23)18-27(16-22-9-5-2-6-10-22)24-12-14-34(31,32)20-24/h1-14,23-24H,15-20H2/t23-,24+. The van der Waals surface area contributed by atoms with Crippen LogP contribution >= 0.6 is 0 Å². The van der Waals surface area contributed by atoms with Gasteiger partial charge in [0.15, 0.2) is 25.5 Å². The van der Waals surface area contributed by atoms with Crippen molar-refractivity contribution in [1.82, 2.24) is 9.80 Å². The Bertz CT molecular complexity index is 1170. The number of carbonyl (C=O) groups is 1. The largest absolute Gasteiger partial charge is 0.297 e. The van der Waals surface area contributed by atoms with Crippen LogP contribution in [0.25, 0.3) is 0 Å². The molecule has 2 aromatic rings. The summed E-state index contributed by atoms with van der Waals surface area (Å²) in [6.45, 7) is 1.00. The lowest BCUT2D eigenvalue weighted by Crippen LogP contribution is -2.45. The molecule has 0 saturated carbocycles. The highest BCUT2D eigenvalue weighted by atomic mass is 32.2. The molecule has 7 nitrogen and oxygen atoms in total. The average Bonchev–Trinajstić information content (AvgIpc) is 3.35. The minimum absolute atomic E-state index is 0.0511. The molecule has 180 valence electrons. The Morgan fingerprint density at radius 2 is 1.06 bits per heavy atom. The van der Waals surface area contributed by atoms with Crippen LogP contribution in [0.15, 0.2) is 83.6 Å². The number of Topliss-reactive ketones (excluding diaryl/α,β-unsaturated/α-hetero) is 1. The minimum atomic E-state index is -3.28. The van der Waals surface area contributed by atoms with Crippen LogP contribution in [0.5, 0.6) is 0 Å². The molecule has 0 radical (unpaired) electrons. The van der Waals surface area contributed by atoms with Crippen molar-refractivity contribution in [3.05, 3.63) is 94.8 Å². The van der Waals surface area contributed by atoms with Crippen molar-refractivity contribution >= 4 is 25.5 Å². The molecule has 0 N–H and O–H groups in total. The highest BCUT2D eigenvalue weighted by molar-refractivity contribution is 7.94. The summed E-state index contributed by atoms with van der Waals surface area (Å²) in [5, 5.41) is 2.44. The summed E-state index contributed by atoms with van der Waals surface area (Å²) in [6, 6.07) is 18.5. The van der Waals surface area contributed by atoms with Crippen LogP contribution in [0.1, 0.15) is 11.1 Å². The molecule has 2 aliphatic heterocycles. The second-order valence-electron chi connectivity index (χ2n) is 8.77. The van der Waals surface area contributed by atoms with Crippen LogP contribution in [0.4, 0.5) is 0 Å². The lowest BCUT2D eigenvalue weighted by atomic mass is 10.1. The van der Waals surface area contributed by atoms with E-state index in [0.717, 1.165) is 11.1 Å². The highest BCUT2D eigenvalue weighted by Crippen LogP contribution is 2.20. The maximum Gasteiger partial charge on any atom is 0.173 e.